The Morgan fingerprint density at radius 2 is 0.811 bits per heavy atom. The lowest BCUT2D eigenvalue weighted by Gasteiger charge is -2.22. The summed E-state index contributed by atoms with van der Waals surface area (Å²) >= 11 is 3.79. The molecule has 0 amide bonds. The second kappa shape index (κ2) is 10.6. The molecular weight excluding hydrogens is 677 g/mol. The van der Waals surface area contributed by atoms with E-state index in [-0.39, 0.29) is 5.41 Å². The average molecular weight is 709 g/mol. The predicted octanol–water partition coefficient (Wildman–Crippen LogP) is 15.5. The highest BCUT2D eigenvalue weighted by Gasteiger charge is 2.36. The maximum Gasteiger partial charge on any atom is 0.0361 e. The first-order chi connectivity index (χ1) is 26.0. The van der Waals surface area contributed by atoms with E-state index in [1.54, 1.807) is 0 Å². The zero-order chi connectivity index (χ0) is 35.0. The van der Waals surface area contributed by atoms with Crippen molar-refractivity contribution in [2.45, 2.75) is 19.3 Å². The molecule has 9 aromatic carbocycles. The van der Waals surface area contributed by atoms with Crippen LogP contribution in [0, 0.1) is 0 Å². The van der Waals surface area contributed by atoms with Gasteiger partial charge in [0.2, 0.25) is 0 Å². The van der Waals surface area contributed by atoms with E-state index in [1.165, 1.54) is 117 Å². The highest BCUT2D eigenvalue weighted by molar-refractivity contribution is 7.26. The summed E-state index contributed by atoms with van der Waals surface area (Å²) in [7, 11) is 0. The molecule has 2 heterocycles. The van der Waals surface area contributed by atoms with Crippen molar-refractivity contribution < 1.29 is 0 Å². The molecule has 0 spiro atoms. The van der Waals surface area contributed by atoms with Crippen LogP contribution >= 0.6 is 22.7 Å². The molecule has 248 valence electrons. The van der Waals surface area contributed by atoms with Gasteiger partial charge in [-0.05, 0) is 125 Å². The quantitative estimate of drug-likeness (QED) is 0.157. The Bertz CT molecular complexity index is 3310. The van der Waals surface area contributed by atoms with E-state index in [9.17, 15) is 0 Å². The standard InChI is InChI=1S/C51H32S2/c1-51(2)43-22-20-29(23-40(43)41-24-31-25-42-34-12-8-10-18-46(34)53-48(42)28-32(31)26-44(41)51)49-36-13-3-5-15-38(36)50(39-16-6-4-14-37(39)49)30-19-21-35-33-11-7-9-17-45(33)52-47(35)27-30/h3-28H,1-2H3. The lowest BCUT2D eigenvalue weighted by atomic mass is 9.81. The van der Waals surface area contributed by atoms with Crippen molar-refractivity contribution in [3.63, 3.8) is 0 Å². The van der Waals surface area contributed by atoms with E-state index in [4.69, 9.17) is 0 Å². The molecule has 12 rings (SSSR count). The summed E-state index contributed by atoms with van der Waals surface area (Å²) in [6, 6.07) is 59.8. The van der Waals surface area contributed by atoms with Gasteiger partial charge in [-0.3, -0.25) is 0 Å². The zero-order valence-corrected chi connectivity index (χ0v) is 31.0. The Hall–Kier alpha value is -5.80. The lowest BCUT2D eigenvalue weighted by Crippen LogP contribution is -2.14. The van der Waals surface area contributed by atoms with Crippen LogP contribution in [0.5, 0.6) is 0 Å². The molecule has 53 heavy (non-hydrogen) atoms. The van der Waals surface area contributed by atoms with E-state index in [2.05, 4.69) is 172 Å². The molecule has 0 saturated heterocycles. The van der Waals surface area contributed by atoms with E-state index in [1.807, 2.05) is 22.7 Å². The number of benzene rings is 9. The van der Waals surface area contributed by atoms with Crippen LogP contribution < -0.4 is 0 Å². The van der Waals surface area contributed by atoms with Crippen LogP contribution in [-0.2, 0) is 5.41 Å². The second-order valence-corrected chi connectivity index (χ2v) is 17.4. The first-order valence-corrected chi connectivity index (χ1v) is 20.0. The van der Waals surface area contributed by atoms with Gasteiger partial charge in [0.25, 0.3) is 0 Å². The highest BCUT2D eigenvalue weighted by Crippen LogP contribution is 2.53. The summed E-state index contributed by atoms with van der Waals surface area (Å²) in [4.78, 5) is 0. The smallest absolute Gasteiger partial charge is 0.0361 e. The highest BCUT2D eigenvalue weighted by atomic mass is 32.1. The molecule has 0 nitrogen and oxygen atoms in total. The fourth-order valence-corrected chi connectivity index (χ4v) is 11.8. The molecule has 0 radical (unpaired) electrons. The minimum absolute atomic E-state index is 0.0915. The van der Waals surface area contributed by atoms with Gasteiger partial charge < -0.3 is 0 Å². The summed E-state index contributed by atoms with van der Waals surface area (Å²) in [6.07, 6.45) is 0. The van der Waals surface area contributed by atoms with Crippen molar-refractivity contribution in [1.29, 1.82) is 0 Å². The van der Waals surface area contributed by atoms with Gasteiger partial charge in [0.15, 0.2) is 0 Å². The number of rotatable bonds is 2. The normalized spacial score (nSPS) is 13.6. The number of thiophene rings is 2. The molecule has 2 heteroatoms. The summed E-state index contributed by atoms with van der Waals surface area (Å²) < 4.78 is 5.39. The van der Waals surface area contributed by atoms with Crippen LogP contribution in [0.4, 0.5) is 0 Å². The fraction of sp³-hybridized carbons (Fsp3) is 0.0588. The third-order valence-corrected chi connectivity index (χ3v) is 14.3. The van der Waals surface area contributed by atoms with Gasteiger partial charge in [0.1, 0.15) is 0 Å². The van der Waals surface area contributed by atoms with Crippen molar-refractivity contribution in [3.05, 3.63) is 169 Å². The number of hydrogen-bond donors (Lipinski definition) is 0. The molecule has 1 aliphatic carbocycles. The van der Waals surface area contributed by atoms with Crippen LogP contribution in [0.15, 0.2) is 158 Å². The molecule has 0 bridgehead atoms. The molecule has 0 N–H and O–H groups in total. The van der Waals surface area contributed by atoms with E-state index in [0.29, 0.717) is 0 Å². The summed E-state index contributed by atoms with van der Waals surface area (Å²) in [5.41, 5.74) is 10.6. The van der Waals surface area contributed by atoms with Crippen molar-refractivity contribution in [1.82, 2.24) is 0 Å². The van der Waals surface area contributed by atoms with E-state index in [0.717, 1.165) is 0 Å². The molecule has 11 aromatic rings. The Morgan fingerprint density at radius 3 is 1.45 bits per heavy atom. The average Bonchev–Trinajstić information content (AvgIpc) is 3.81. The Labute approximate surface area is 315 Å². The van der Waals surface area contributed by atoms with Crippen molar-refractivity contribution >= 4 is 95.3 Å². The first kappa shape index (κ1) is 29.7. The maximum absolute atomic E-state index is 2.49. The number of fused-ring (bicyclic) bond motifs is 12. The Balaban J connectivity index is 1.09. The fourth-order valence-electron chi connectivity index (χ4n) is 9.50. The first-order valence-electron chi connectivity index (χ1n) is 18.4. The molecule has 0 atom stereocenters. The monoisotopic (exact) mass is 708 g/mol. The van der Waals surface area contributed by atoms with Gasteiger partial charge in [-0.15, -0.1) is 22.7 Å². The molecule has 0 saturated carbocycles. The van der Waals surface area contributed by atoms with E-state index >= 15 is 0 Å². The maximum atomic E-state index is 2.49. The van der Waals surface area contributed by atoms with Gasteiger partial charge >= 0.3 is 0 Å². The summed E-state index contributed by atoms with van der Waals surface area (Å²) in [5, 5.41) is 13.2. The minimum Gasteiger partial charge on any atom is -0.135 e. The topological polar surface area (TPSA) is 0 Å². The van der Waals surface area contributed by atoms with Gasteiger partial charge in [0, 0.05) is 45.8 Å². The lowest BCUT2D eigenvalue weighted by molar-refractivity contribution is 0.661. The van der Waals surface area contributed by atoms with Crippen molar-refractivity contribution in [2.24, 2.45) is 0 Å². The van der Waals surface area contributed by atoms with Gasteiger partial charge in [-0.1, -0.05) is 123 Å². The molecule has 0 aliphatic heterocycles. The van der Waals surface area contributed by atoms with Crippen LogP contribution in [0.3, 0.4) is 0 Å². The third-order valence-electron chi connectivity index (χ3n) is 12.0. The van der Waals surface area contributed by atoms with Crippen LogP contribution in [0.25, 0.3) is 106 Å². The largest absolute Gasteiger partial charge is 0.135 e. The third kappa shape index (κ3) is 4.11. The van der Waals surface area contributed by atoms with Gasteiger partial charge in [-0.25, -0.2) is 0 Å². The molecule has 0 fully saturated rings. The van der Waals surface area contributed by atoms with Gasteiger partial charge in [0.05, 0.1) is 0 Å². The molecule has 0 unspecified atom stereocenters. The molecule has 2 aromatic heterocycles. The van der Waals surface area contributed by atoms with Crippen LogP contribution in [-0.4, -0.2) is 0 Å². The molecular formula is C51H32S2. The van der Waals surface area contributed by atoms with Crippen molar-refractivity contribution in [3.8, 4) is 33.4 Å². The Morgan fingerprint density at radius 1 is 0.340 bits per heavy atom. The van der Waals surface area contributed by atoms with Gasteiger partial charge in [-0.2, -0.15) is 0 Å². The number of hydrogen-bond acceptors (Lipinski definition) is 2. The summed E-state index contributed by atoms with van der Waals surface area (Å²) in [6.45, 7) is 4.79. The van der Waals surface area contributed by atoms with Crippen LogP contribution in [0.1, 0.15) is 25.0 Å². The van der Waals surface area contributed by atoms with E-state index < -0.39 is 0 Å². The Kier molecular flexibility index (Phi) is 5.97. The minimum atomic E-state index is -0.0915. The summed E-state index contributed by atoms with van der Waals surface area (Å²) in [5.74, 6) is 0. The zero-order valence-electron chi connectivity index (χ0n) is 29.3. The molecule has 1 aliphatic rings. The SMILES string of the molecule is CC1(C)c2ccc(-c3c4ccccc4c(-c4ccc5c(c4)sc4ccccc45)c4ccccc34)cc2-c2cc3cc4c(cc3cc21)sc1ccccc14. The second-order valence-electron chi connectivity index (χ2n) is 15.2. The van der Waals surface area contributed by atoms with Crippen molar-refractivity contribution in [2.75, 3.05) is 0 Å². The predicted molar refractivity (Wildman–Crippen MR) is 233 cm³/mol. The van der Waals surface area contributed by atoms with Crippen LogP contribution in [0.2, 0.25) is 0 Å².